The van der Waals surface area contributed by atoms with Crippen LogP contribution in [0.25, 0.3) is 0 Å². The topological polar surface area (TPSA) is 84.9 Å². The fraction of sp³-hybridized carbons (Fsp3) is 0.316. The number of nitrogens with one attached hydrogen (secondary N) is 1. The molecule has 0 aliphatic heterocycles. The van der Waals surface area contributed by atoms with Gasteiger partial charge < -0.3 is 14.4 Å². The molecule has 0 fully saturated rings. The average molecular weight is 392 g/mol. The second-order valence-electron chi connectivity index (χ2n) is 5.81. The van der Waals surface area contributed by atoms with Crippen molar-refractivity contribution in [3.8, 4) is 11.5 Å². The SMILES string of the molecule is CCOc1ccc(CN(C)C(=O)c2ccc(OC)c(S(=O)(=O)NC)c2)cc1. The van der Waals surface area contributed by atoms with E-state index in [0.29, 0.717) is 13.2 Å². The normalized spacial score (nSPS) is 11.1. The van der Waals surface area contributed by atoms with Gasteiger partial charge in [0.1, 0.15) is 16.4 Å². The molecule has 0 atom stereocenters. The molecule has 2 aromatic rings. The minimum atomic E-state index is -3.75. The first kappa shape index (κ1) is 20.7. The molecule has 0 unspecified atom stereocenters. The lowest BCUT2D eigenvalue weighted by Crippen LogP contribution is -2.27. The molecule has 7 nitrogen and oxygen atoms in total. The van der Waals surface area contributed by atoms with Crippen molar-refractivity contribution in [3.05, 3.63) is 53.6 Å². The van der Waals surface area contributed by atoms with E-state index < -0.39 is 10.0 Å². The fourth-order valence-corrected chi connectivity index (χ4v) is 3.47. The van der Waals surface area contributed by atoms with Crippen molar-refractivity contribution in [2.45, 2.75) is 18.4 Å². The summed E-state index contributed by atoms with van der Waals surface area (Å²) in [6.45, 7) is 2.89. The number of ether oxygens (including phenoxy) is 2. The van der Waals surface area contributed by atoms with Gasteiger partial charge in [0, 0.05) is 19.2 Å². The third-order valence-corrected chi connectivity index (χ3v) is 5.41. The molecule has 0 heterocycles. The number of benzene rings is 2. The molecule has 27 heavy (non-hydrogen) atoms. The number of sulfonamides is 1. The van der Waals surface area contributed by atoms with Crippen molar-refractivity contribution in [1.29, 1.82) is 0 Å². The van der Waals surface area contributed by atoms with Gasteiger partial charge in [-0.05, 0) is 49.9 Å². The molecule has 2 aromatic carbocycles. The number of hydrogen-bond donors (Lipinski definition) is 1. The molecule has 1 N–H and O–H groups in total. The van der Waals surface area contributed by atoms with Gasteiger partial charge in [0.2, 0.25) is 10.0 Å². The quantitative estimate of drug-likeness (QED) is 0.745. The number of hydrogen-bond acceptors (Lipinski definition) is 5. The van der Waals surface area contributed by atoms with Gasteiger partial charge in [-0.1, -0.05) is 12.1 Å². The third kappa shape index (κ3) is 4.99. The minimum Gasteiger partial charge on any atom is -0.495 e. The highest BCUT2D eigenvalue weighted by Gasteiger charge is 2.21. The highest BCUT2D eigenvalue weighted by atomic mass is 32.2. The fourth-order valence-electron chi connectivity index (χ4n) is 2.55. The van der Waals surface area contributed by atoms with E-state index in [-0.39, 0.29) is 22.1 Å². The van der Waals surface area contributed by atoms with E-state index in [1.807, 2.05) is 31.2 Å². The molecule has 0 spiro atoms. The molecule has 0 aliphatic rings. The van der Waals surface area contributed by atoms with Crippen LogP contribution in [0.4, 0.5) is 0 Å². The molecule has 146 valence electrons. The highest BCUT2D eigenvalue weighted by molar-refractivity contribution is 7.89. The van der Waals surface area contributed by atoms with E-state index in [1.54, 1.807) is 13.1 Å². The summed E-state index contributed by atoms with van der Waals surface area (Å²) >= 11 is 0. The van der Waals surface area contributed by atoms with Gasteiger partial charge in [-0.2, -0.15) is 0 Å². The molecule has 0 radical (unpaired) electrons. The Morgan fingerprint density at radius 3 is 2.37 bits per heavy atom. The molecular weight excluding hydrogens is 368 g/mol. The van der Waals surface area contributed by atoms with Gasteiger partial charge >= 0.3 is 0 Å². The van der Waals surface area contributed by atoms with Crippen LogP contribution in [0.2, 0.25) is 0 Å². The summed E-state index contributed by atoms with van der Waals surface area (Å²) in [4.78, 5) is 14.2. The van der Waals surface area contributed by atoms with Crippen molar-refractivity contribution in [2.24, 2.45) is 0 Å². The first-order valence-electron chi connectivity index (χ1n) is 8.41. The zero-order valence-corrected chi connectivity index (χ0v) is 16.7. The average Bonchev–Trinajstić information content (AvgIpc) is 2.68. The van der Waals surface area contributed by atoms with Crippen molar-refractivity contribution in [1.82, 2.24) is 9.62 Å². The van der Waals surface area contributed by atoms with Crippen molar-refractivity contribution in [2.75, 3.05) is 27.8 Å². The van der Waals surface area contributed by atoms with Crippen LogP contribution in [0.5, 0.6) is 11.5 Å². The van der Waals surface area contributed by atoms with Crippen LogP contribution in [-0.4, -0.2) is 47.0 Å². The van der Waals surface area contributed by atoms with Gasteiger partial charge in [0.25, 0.3) is 5.91 Å². The molecule has 0 bridgehead atoms. The smallest absolute Gasteiger partial charge is 0.253 e. The van der Waals surface area contributed by atoms with Crippen LogP contribution in [-0.2, 0) is 16.6 Å². The molecule has 0 aromatic heterocycles. The van der Waals surface area contributed by atoms with Crippen LogP contribution in [0.1, 0.15) is 22.8 Å². The number of nitrogens with zero attached hydrogens (tertiary/aromatic N) is 1. The highest BCUT2D eigenvalue weighted by Crippen LogP contribution is 2.25. The predicted molar refractivity (Wildman–Crippen MR) is 103 cm³/mol. The zero-order chi connectivity index (χ0) is 20.0. The number of carbonyl (C=O) groups excluding carboxylic acids is 1. The first-order chi connectivity index (χ1) is 12.8. The number of methoxy groups -OCH3 is 1. The Kier molecular flexibility index (Phi) is 6.81. The summed E-state index contributed by atoms with van der Waals surface area (Å²) in [7, 11) is 0.596. The molecule has 0 aliphatic carbocycles. The Morgan fingerprint density at radius 2 is 1.81 bits per heavy atom. The monoisotopic (exact) mass is 392 g/mol. The Hall–Kier alpha value is -2.58. The van der Waals surface area contributed by atoms with Crippen LogP contribution >= 0.6 is 0 Å². The number of rotatable bonds is 8. The summed E-state index contributed by atoms with van der Waals surface area (Å²) in [5.41, 5.74) is 1.20. The van der Waals surface area contributed by atoms with E-state index in [4.69, 9.17) is 9.47 Å². The van der Waals surface area contributed by atoms with Gasteiger partial charge in [0.05, 0.1) is 13.7 Å². The van der Waals surface area contributed by atoms with Gasteiger partial charge in [-0.3, -0.25) is 4.79 Å². The van der Waals surface area contributed by atoms with Gasteiger partial charge in [0.15, 0.2) is 0 Å². The minimum absolute atomic E-state index is 0.0761. The van der Waals surface area contributed by atoms with E-state index in [9.17, 15) is 13.2 Å². The molecular formula is C19H24N2O5S. The molecule has 8 heteroatoms. The number of carbonyl (C=O) groups is 1. The summed E-state index contributed by atoms with van der Waals surface area (Å²) in [6, 6.07) is 11.8. The molecule has 1 amide bonds. The van der Waals surface area contributed by atoms with Crippen LogP contribution in [0.3, 0.4) is 0 Å². The standard InChI is InChI=1S/C19H24N2O5S/c1-5-26-16-9-6-14(7-10-16)13-21(3)19(22)15-8-11-17(25-4)18(12-15)27(23,24)20-2/h6-12,20H,5,13H2,1-4H3. The lowest BCUT2D eigenvalue weighted by Gasteiger charge is -2.18. The zero-order valence-electron chi connectivity index (χ0n) is 15.9. The predicted octanol–water partition coefficient (Wildman–Crippen LogP) is 2.27. The summed E-state index contributed by atoms with van der Waals surface area (Å²) in [6.07, 6.45) is 0. The van der Waals surface area contributed by atoms with E-state index >= 15 is 0 Å². The number of amides is 1. The van der Waals surface area contributed by atoms with Crippen molar-refractivity contribution < 1.29 is 22.7 Å². The molecule has 2 rings (SSSR count). The summed E-state index contributed by atoms with van der Waals surface area (Å²) < 4.78 is 37.1. The lowest BCUT2D eigenvalue weighted by molar-refractivity contribution is 0.0785. The van der Waals surface area contributed by atoms with Gasteiger partial charge in [-0.25, -0.2) is 13.1 Å². The van der Waals surface area contributed by atoms with E-state index in [0.717, 1.165) is 11.3 Å². The largest absolute Gasteiger partial charge is 0.495 e. The van der Waals surface area contributed by atoms with Gasteiger partial charge in [-0.15, -0.1) is 0 Å². The van der Waals surface area contributed by atoms with Crippen LogP contribution < -0.4 is 14.2 Å². The van der Waals surface area contributed by atoms with Crippen molar-refractivity contribution in [3.63, 3.8) is 0 Å². The second-order valence-corrected chi connectivity index (χ2v) is 7.67. The molecule has 0 saturated heterocycles. The van der Waals surface area contributed by atoms with E-state index in [1.165, 1.54) is 31.2 Å². The molecule has 0 saturated carbocycles. The lowest BCUT2D eigenvalue weighted by atomic mass is 10.1. The van der Waals surface area contributed by atoms with Crippen LogP contribution in [0, 0.1) is 0 Å². The summed E-state index contributed by atoms with van der Waals surface area (Å²) in [5, 5.41) is 0. The second kappa shape index (κ2) is 8.88. The Bertz CT molecular complexity index is 895. The Balaban J connectivity index is 2.22. The van der Waals surface area contributed by atoms with Crippen LogP contribution in [0.15, 0.2) is 47.4 Å². The third-order valence-electron chi connectivity index (χ3n) is 3.97. The maximum Gasteiger partial charge on any atom is 0.253 e. The maximum absolute atomic E-state index is 12.7. The van der Waals surface area contributed by atoms with E-state index in [2.05, 4.69) is 4.72 Å². The maximum atomic E-state index is 12.7. The summed E-state index contributed by atoms with van der Waals surface area (Å²) in [5.74, 6) is 0.654. The first-order valence-corrected chi connectivity index (χ1v) is 9.89. The Morgan fingerprint density at radius 1 is 1.15 bits per heavy atom. The Labute approximate surface area is 160 Å². The van der Waals surface area contributed by atoms with Crippen molar-refractivity contribution >= 4 is 15.9 Å².